The Labute approximate surface area is 108 Å². The molecule has 0 spiro atoms. The third-order valence-corrected chi connectivity index (χ3v) is 3.40. The maximum atomic E-state index is 8.83. The summed E-state index contributed by atoms with van der Waals surface area (Å²) in [6.45, 7) is 2.56. The summed E-state index contributed by atoms with van der Waals surface area (Å²) in [6.07, 6.45) is 3.37. The first-order chi connectivity index (χ1) is 8.20. The smallest absolute Gasteiger partial charge is 0.146 e. The van der Waals surface area contributed by atoms with E-state index < -0.39 is 0 Å². The van der Waals surface area contributed by atoms with E-state index in [2.05, 4.69) is 15.3 Å². The predicted octanol–water partition coefficient (Wildman–Crippen LogP) is 2.98. The van der Waals surface area contributed by atoms with Gasteiger partial charge in [-0.1, -0.05) is 11.6 Å². The molecule has 17 heavy (non-hydrogen) atoms. The largest absolute Gasteiger partial charge is 0.364 e. The van der Waals surface area contributed by atoms with Gasteiger partial charge in [-0.2, -0.15) is 5.26 Å². The summed E-state index contributed by atoms with van der Waals surface area (Å²) in [6, 6.07) is 3.60. The van der Waals surface area contributed by atoms with Crippen LogP contribution in [-0.4, -0.2) is 9.97 Å². The molecule has 0 aliphatic heterocycles. The first kappa shape index (κ1) is 11.8. The molecule has 2 heterocycles. The average Bonchev–Trinajstić information content (AvgIpc) is 2.74. The molecule has 0 atom stereocenters. The van der Waals surface area contributed by atoms with Crippen LogP contribution in [0.3, 0.4) is 0 Å². The number of aryl methyl sites for hydroxylation is 1. The van der Waals surface area contributed by atoms with Gasteiger partial charge in [0.15, 0.2) is 0 Å². The second kappa shape index (κ2) is 5.13. The number of thiazole rings is 1. The lowest BCUT2D eigenvalue weighted by Crippen LogP contribution is -2.01. The summed E-state index contributed by atoms with van der Waals surface area (Å²) in [7, 11) is 0. The summed E-state index contributed by atoms with van der Waals surface area (Å²) in [5.41, 5.74) is 0.421. The van der Waals surface area contributed by atoms with Gasteiger partial charge in [0, 0.05) is 17.3 Å². The molecule has 0 saturated carbocycles. The molecule has 4 nitrogen and oxygen atoms in total. The van der Waals surface area contributed by atoms with Crippen molar-refractivity contribution in [3.63, 3.8) is 0 Å². The van der Waals surface area contributed by atoms with Gasteiger partial charge in [0.1, 0.15) is 16.9 Å². The Morgan fingerprint density at radius 3 is 3.00 bits per heavy atom. The van der Waals surface area contributed by atoms with Crippen LogP contribution in [0, 0.1) is 18.3 Å². The van der Waals surface area contributed by atoms with E-state index in [0.29, 0.717) is 22.9 Å². The lowest BCUT2D eigenvalue weighted by molar-refractivity contribution is 1.13. The number of rotatable bonds is 3. The van der Waals surface area contributed by atoms with Crippen molar-refractivity contribution < 1.29 is 0 Å². The second-order valence-electron chi connectivity index (χ2n) is 3.33. The maximum Gasteiger partial charge on any atom is 0.146 e. The number of nitrogens with zero attached hydrogens (tertiary/aromatic N) is 3. The van der Waals surface area contributed by atoms with Gasteiger partial charge in [0.2, 0.25) is 0 Å². The summed E-state index contributed by atoms with van der Waals surface area (Å²) >= 11 is 7.63. The van der Waals surface area contributed by atoms with E-state index in [1.807, 2.05) is 19.2 Å². The summed E-state index contributed by atoms with van der Waals surface area (Å²) in [5.74, 6) is 0.525. The minimum absolute atomic E-state index is 0.358. The number of aromatic nitrogens is 2. The van der Waals surface area contributed by atoms with Crippen LogP contribution in [0.15, 0.2) is 18.5 Å². The Morgan fingerprint density at radius 1 is 1.53 bits per heavy atom. The van der Waals surface area contributed by atoms with Crippen molar-refractivity contribution in [2.75, 3.05) is 5.32 Å². The van der Waals surface area contributed by atoms with Gasteiger partial charge in [0.25, 0.3) is 0 Å². The second-order valence-corrected chi connectivity index (χ2v) is 5.03. The van der Waals surface area contributed by atoms with Crippen LogP contribution < -0.4 is 5.32 Å². The highest BCUT2D eigenvalue weighted by Gasteiger charge is 2.07. The van der Waals surface area contributed by atoms with E-state index >= 15 is 0 Å². The van der Waals surface area contributed by atoms with Crippen molar-refractivity contribution in [2.45, 2.75) is 13.5 Å². The Kier molecular flexibility index (Phi) is 3.57. The lowest BCUT2D eigenvalue weighted by Gasteiger charge is -2.06. The molecule has 6 heteroatoms. The molecular formula is C11H9ClN4S. The van der Waals surface area contributed by atoms with Crippen LogP contribution in [0.25, 0.3) is 0 Å². The Bertz CT molecular complexity index is 573. The third kappa shape index (κ3) is 2.73. The van der Waals surface area contributed by atoms with Crippen LogP contribution >= 0.6 is 22.9 Å². The molecule has 0 aromatic carbocycles. The van der Waals surface area contributed by atoms with Gasteiger partial charge in [-0.25, -0.2) is 9.97 Å². The van der Waals surface area contributed by atoms with Crippen LogP contribution in [0.4, 0.5) is 5.82 Å². The topological polar surface area (TPSA) is 61.6 Å². The van der Waals surface area contributed by atoms with E-state index in [1.165, 1.54) is 0 Å². The SMILES string of the molecule is Cc1ncc(CNc2nccc(C#N)c2Cl)s1. The molecule has 0 fully saturated rings. The molecule has 0 saturated heterocycles. The first-order valence-electron chi connectivity index (χ1n) is 4.90. The fourth-order valence-corrected chi connectivity index (χ4v) is 2.27. The molecule has 2 aromatic heterocycles. The number of pyridine rings is 1. The van der Waals surface area contributed by atoms with E-state index in [9.17, 15) is 0 Å². The van der Waals surface area contributed by atoms with E-state index in [4.69, 9.17) is 16.9 Å². The van der Waals surface area contributed by atoms with Gasteiger partial charge < -0.3 is 5.32 Å². The number of anilines is 1. The Morgan fingerprint density at radius 2 is 2.35 bits per heavy atom. The summed E-state index contributed by atoms with van der Waals surface area (Å²) in [5, 5.41) is 13.3. The van der Waals surface area contributed by atoms with Gasteiger partial charge in [-0.05, 0) is 13.0 Å². The van der Waals surface area contributed by atoms with Crippen molar-refractivity contribution >= 4 is 28.8 Å². The highest BCUT2D eigenvalue weighted by Crippen LogP contribution is 2.23. The van der Waals surface area contributed by atoms with Gasteiger partial charge in [-0.3, -0.25) is 0 Å². The monoisotopic (exact) mass is 264 g/mol. The minimum Gasteiger partial charge on any atom is -0.364 e. The quantitative estimate of drug-likeness (QED) is 0.926. The normalized spacial score (nSPS) is 9.94. The Hall–Kier alpha value is -1.64. The fourth-order valence-electron chi connectivity index (χ4n) is 1.31. The summed E-state index contributed by atoms with van der Waals surface area (Å²) in [4.78, 5) is 9.36. The molecule has 0 radical (unpaired) electrons. The highest BCUT2D eigenvalue weighted by molar-refractivity contribution is 7.11. The van der Waals surface area contributed by atoms with E-state index in [1.54, 1.807) is 23.6 Å². The van der Waals surface area contributed by atoms with Gasteiger partial charge in [0.05, 0.1) is 17.1 Å². The Balaban J connectivity index is 2.12. The number of nitriles is 1. The molecule has 86 valence electrons. The number of hydrogen-bond donors (Lipinski definition) is 1. The zero-order valence-electron chi connectivity index (χ0n) is 9.07. The number of halogens is 1. The van der Waals surface area contributed by atoms with Crippen LogP contribution in [-0.2, 0) is 6.54 Å². The van der Waals surface area contributed by atoms with Crippen molar-refractivity contribution in [1.29, 1.82) is 5.26 Å². The molecule has 0 aliphatic carbocycles. The number of hydrogen-bond acceptors (Lipinski definition) is 5. The molecular weight excluding hydrogens is 256 g/mol. The van der Waals surface area contributed by atoms with E-state index in [0.717, 1.165) is 9.88 Å². The third-order valence-electron chi connectivity index (χ3n) is 2.11. The van der Waals surface area contributed by atoms with Crippen molar-refractivity contribution in [3.8, 4) is 6.07 Å². The van der Waals surface area contributed by atoms with Crippen LogP contribution in [0.5, 0.6) is 0 Å². The molecule has 0 bridgehead atoms. The minimum atomic E-state index is 0.358. The average molecular weight is 265 g/mol. The van der Waals surface area contributed by atoms with E-state index in [-0.39, 0.29) is 0 Å². The zero-order valence-corrected chi connectivity index (χ0v) is 10.6. The van der Waals surface area contributed by atoms with Crippen molar-refractivity contribution in [1.82, 2.24) is 9.97 Å². The fraction of sp³-hybridized carbons (Fsp3) is 0.182. The van der Waals surface area contributed by atoms with Crippen LogP contribution in [0.2, 0.25) is 5.02 Å². The summed E-state index contributed by atoms with van der Waals surface area (Å²) < 4.78 is 0. The molecule has 2 rings (SSSR count). The van der Waals surface area contributed by atoms with Gasteiger partial charge in [-0.15, -0.1) is 11.3 Å². The lowest BCUT2D eigenvalue weighted by atomic mass is 10.3. The van der Waals surface area contributed by atoms with Gasteiger partial charge >= 0.3 is 0 Å². The van der Waals surface area contributed by atoms with Crippen molar-refractivity contribution in [3.05, 3.63) is 38.9 Å². The molecule has 0 unspecified atom stereocenters. The molecule has 0 aliphatic rings. The zero-order chi connectivity index (χ0) is 12.3. The predicted molar refractivity (Wildman–Crippen MR) is 68.1 cm³/mol. The highest BCUT2D eigenvalue weighted by atomic mass is 35.5. The molecule has 1 N–H and O–H groups in total. The standard InChI is InChI=1S/C11H9ClN4S/c1-7-15-5-9(17-7)6-16-11-10(12)8(4-13)2-3-14-11/h2-3,5H,6H2,1H3,(H,14,16). The van der Waals surface area contributed by atoms with Crippen molar-refractivity contribution in [2.24, 2.45) is 0 Å². The van der Waals surface area contributed by atoms with Crippen LogP contribution in [0.1, 0.15) is 15.4 Å². The number of nitrogens with one attached hydrogen (secondary N) is 1. The molecule has 0 amide bonds. The first-order valence-corrected chi connectivity index (χ1v) is 6.10. The molecule has 2 aromatic rings. The maximum absolute atomic E-state index is 8.83.